The van der Waals surface area contributed by atoms with Crippen LogP contribution in [0.15, 0.2) is 12.1 Å². The van der Waals surface area contributed by atoms with Gasteiger partial charge in [0, 0.05) is 7.05 Å². The van der Waals surface area contributed by atoms with Crippen molar-refractivity contribution in [2.24, 2.45) is 12.8 Å². The molecule has 2 aromatic rings. The molecule has 1 atom stereocenters. The predicted octanol–water partition coefficient (Wildman–Crippen LogP) is 3.02. The van der Waals surface area contributed by atoms with E-state index in [1.54, 1.807) is 23.7 Å². The molecule has 2 aliphatic rings. The summed E-state index contributed by atoms with van der Waals surface area (Å²) in [7, 11) is 1.76. The van der Waals surface area contributed by atoms with Crippen molar-refractivity contribution in [1.29, 1.82) is 0 Å². The van der Waals surface area contributed by atoms with Crippen molar-refractivity contribution in [3.63, 3.8) is 0 Å². The van der Waals surface area contributed by atoms with E-state index in [9.17, 15) is 9.18 Å². The highest BCUT2D eigenvalue weighted by molar-refractivity contribution is 5.79. The fourth-order valence-electron chi connectivity index (χ4n) is 3.81. The van der Waals surface area contributed by atoms with Gasteiger partial charge in [-0.1, -0.05) is 0 Å². The van der Waals surface area contributed by atoms with Gasteiger partial charge in [-0.25, -0.2) is 9.18 Å². The van der Waals surface area contributed by atoms with Crippen molar-refractivity contribution >= 4 is 17.1 Å². The van der Waals surface area contributed by atoms with Gasteiger partial charge in [-0.05, 0) is 57.6 Å². The minimum atomic E-state index is -0.548. The van der Waals surface area contributed by atoms with Crippen LogP contribution in [0.1, 0.15) is 45.4 Å². The summed E-state index contributed by atoms with van der Waals surface area (Å²) in [5, 5.41) is 2.60. The summed E-state index contributed by atoms with van der Waals surface area (Å²) in [5.41, 5.74) is 6.07. The summed E-state index contributed by atoms with van der Waals surface area (Å²) in [5.74, 6) is -0.114. The highest BCUT2D eigenvalue weighted by atomic mass is 19.1. The van der Waals surface area contributed by atoms with Gasteiger partial charge in [-0.2, -0.15) is 4.98 Å². The second-order valence-electron chi connectivity index (χ2n) is 8.28. The van der Waals surface area contributed by atoms with Crippen molar-refractivity contribution in [3.8, 4) is 11.8 Å². The quantitative estimate of drug-likeness (QED) is 0.684. The Labute approximate surface area is 174 Å². The summed E-state index contributed by atoms with van der Waals surface area (Å²) in [4.78, 5) is 15.3. The maximum absolute atomic E-state index is 14.9. The fourth-order valence-corrected chi connectivity index (χ4v) is 3.81. The number of aryl methyl sites for hydroxylation is 1. The van der Waals surface area contributed by atoms with Crippen LogP contribution in [0.3, 0.4) is 0 Å². The summed E-state index contributed by atoms with van der Waals surface area (Å²) >= 11 is 0. The molecule has 30 heavy (non-hydrogen) atoms. The maximum atomic E-state index is 14.9. The lowest BCUT2D eigenvalue weighted by atomic mass is 9.95. The van der Waals surface area contributed by atoms with Crippen LogP contribution < -0.4 is 20.5 Å². The normalized spacial score (nSPS) is 22.6. The fraction of sp³-hybridized carbons (Fsp3) is 0.619. The number of halogens is 1. The number of hydrogen-bond acceptors (Lipinski definition) is 5. The van der Waals surface area contributed by atoms with Crippen molar-refractivity contribution < 1.29 is 23.4 Å². The molecule has 2 saturated carbocycles. The molecule has 4 rings (SSSR count). The number of imidazole rings is 1. The lowest BCUT2D eigenvalue weighted by molar-refractivity contribution is -0.00550. The van der Waals surface area contributed by atoms with Gasteiger partial charge < -0.3 is 25.3 Å². The third-order valence-corrected chi connectivity index (χ3v) is 5.58. The topological polar surface area (TPSA) is 101 Å². The maximum Gasteiger partial charge on any atom is 0.312 e. The number of amides is 2. The summed E-state index contributed by atoms with van der Waals surface area (Å²) in [6.45, 7) is 2.28. The molecule has 2 aliphatic carbocycles. The number of benzene rings is 1. The molecule has 0 bridgehead atoms. The van der Waals surface area contributed by atoms with E-state index >= 15 is 0 Å². The first kappa shape index (κ1) is 20.7. The number of ether oxygens (including phenoxy) is 3. The molecule has 8 nitrogen and oxygen atoms in total. The number of primary amides is 1. The van der Waals surface area contributed by atoms with Crippen LogP contribution in [0.25, 0.3) is 11.0 Å². The number of carbonyl (C=O) groups excluding carboxylic acids is 1. The van der Waals surface area contributed by atoms with Crippen molar-refractivity contribution in [1.82, 2.24) is 14.9 Å². The van der Waals surface area contributed by atoms with Gasteiger partial charge in [0.15, 0.2) is 11.6 Å². The molecule has 1 aromatic heterocycles. The summed E-state index contributed by atoms with van der Waals surface area (Å²) in [6.07, 6.45) is 5.57. The van der Waals surface area contributed by atoms with Crippen molar-refractivity contribution in [2.75, 3.05) is 6.61 Å². The number of nitrogens with one attached hydrogen (secondary N) is 1. The van der Waals surface area contributed by atoms with E-state index in [0.29, 0.717) is 23.7 Å². The van der Waals surface area contributed by atoms with Crippen LogP contribution >= 0.6 is 0 Å². The number of fused-ring (bicyclic) bond motifs is 1. The Morgan fingerprint density at radius 2 is 1.83 bits per heavy atom. The minimum Gasteiger partial charge on any atom is -0.487 e. The standard InChI is InChI=1S/C21H29FN4O4/c1-12(24-20(23)27)11-28-13-3-5-15(6-4-13)30-21-25-16-9-10-17(29-14-7-8-14)18(22)19(16)26(21)2/h9-10,12-15H,3-8,11H2,1-2H3,(H3,23,24,27)/t12-,13?,15?/m0/s1. The molecule has 0 spiro atoms. The number of aromatic nitrogens is 2. The lowest BCUT2D eigenvalue weighted by Gasteiger charge is -2.29. The van der Waals surface area contributed by atoms with Gasteiger partial charge in [0.25, 0.3) is 6.01 Å². The molecular weight excluding hydrogens is 391 g/mol. The molecule has 1 heterocycles. The number of rotatable bonds is 8. The van der Waals surface area contributed by atoms with Gasteiger partial charge in [0.05, 0.1) is 30.4 Å². The molecule has 0 saturated heterocycles. The smallest absolute Gasteiger partial charge is 0.312 e. The van der Waals surface area contributed by atoms with E-state index in [2.05, 4.69) is 10.3 Å². The molecule has 0 aliphatic heterocycles. The van der Waals surface area contributed by atoms with Crippen LogP contribution in [0.4, 0.5) is 9.18 Å². The Morgan fingerprint density at radius 1 is 1.20 bits per heavy atom. The SMILES string of the molecule is C[C@@H](COC1CCC(Oc2nc3ccc(OC4CC4)c(F)c3n2C)CC1)NC(N)=O. The molecular formula is C21H29FN4O4. The van der Waals surface area contributed by atoms with Crippen molar-refractivity contribution in [3.05, 3.63) is 17.9 Å². The third-order valence-electron chi connectivity index (χ3n) is 5.58. The van der Waals surface area contributed by atoms with Crippen LogP contribution in [0, 0.1) is 5.82 Å². The molecule has 164 valence electrons. The van der Waals surface area contributed by atoms with E-state index in [-0.39, 0.29) is 35.9 Å². The number of nitrogens with zero attached hydrogens (tertiary/aromatic N) is 2. The average molecular weight is 420 g/mol. The molecule has 0 unspecified atom stereocenters. The van der Waals surface area contributed by atoms with Crippen LogP contribution in [-0.2, 0) is 11.8 Å². The molecule has 9 heteroatoms. The predicted molar refractivity (Wildman–Crippen MR) is 109 cm³/mol. The first-order valence-electron chi connectivity index (χ1n) is 10.6. The van der Waals surface area contributed by atoms with E-state index in [4.69, 9.17) is 19.9 Å². The minimum absolute atomic E-state index is 0.00627. The molecule has 2 amide bonds. The van der Waals surface area contributed by atoms with E-state index < -0.39 is 6.03 Å². The number of carbonyl (C=O) groups is 1. The van der Waals surface area contributed by atoms with Crippen LogP contribution in [-0.4, -0.2) is 46.5 Å². The van der Waals surface area contributed by atoms with Gasteiger partial charge >= 0.3 is 6.03 Å². The lowest BCUT2D eigenvalue weighted by Crippen LogP contribution is -2.40. The first-order chi connectivity index (χ1) is 14.4. The molecule has 1 aromatic carbocycles. The second-order valence-corrected chi connectivity index (χ2v) is 8.28. The van der Waals surface area contributed by atoms with Crippen LogP contribution in [0.5, 0.6) is 11.8 Å². The van der Waals surface area contributed by atoms with E-state index in [1.807, 2.05) is 6.92 Å². The Morgan fingerprint density at radius 3 is 2.50 bits per heavy atom. The Hall–Kier alpha value is -2.55. The second kappa shape index (κ2) is 8.67. The monoisotopic (exact) mass is 420 g/mol. The zero-order valence-corrected chi connectivity index (χ0v) is 17.4. The summed E-state index contributed by atoms with van der Waals surface area (Å²) < 4.78 is 34.2. The third kappa shape index (κ3) is 4.77. The Kier molecular flexibility index (Phi) is 5.99. The molecule has 0 radical (unpaired) electrons. The molecule has 3 N–H and O–H groups in total. The molecule has 2 fully saturated rings. The average Bonchev–Trinajstić information content (AvgIpc) is 3.46. The summed E-state index contributed by atoms with van der Waals surface area (Å²) in [6, 6.07) is 3.16. The van der Waals surface area contributed by atoms with Crippen molar-refractivity contribution in [2.45, 2.75) is 69.8 Å². The first-order valence-corrected chi connectivity index (χ1v) is 10.6. The number of hydrogen-bond donors (Lipinski definition) is 2. The highest BCUT2D eigenvalue weighted by Crippen LogP contribution is 2.34. The largest absolute Gasteiger partial charge is 0.487 e. The zero-order chi connectivity index (χ0) is 21.3. The Bertz CT molecular complexity index is 906. The number of urea groups is 1. The van der Waals surface area contributed by atoms with Crippen LogP contribution in [0.2, 0.25) is 0 Å². The van der Waals surface area contributed by atoms with E-state index in [1.165, 1.54) is 0 Å². The van der Waals surface area contributed by atoms with E-state index in [0.717, 1.165) is 38.5 Å². The highest BCUT2D eigenvalue weighted by Gasteiger charge is 2.28. The zero-order valence-electron chi connectivity index (χ0n) is 17.4. The van der Waals surface area contributed by atoms with Gasteiger partial charge in [-0.15, -0.1) is 0 Å². The van der Waals surface area contributed by atoms with Gasteiger partial charge in [0.1, 0.15) is 11.6 Å². The number of nitrogens with two attached hydrogens (primary N) is 1. The van der Waals surface area contributed by atoms with Gasteiger partial charge in [0.2, 0.25) is 0 Å². The van der Waals surface area contributed by atoms with Gasteiger partial charge in [-0.3, -0.25) is 4.57 Å². The Balaban J connectivity index is 1.33.